The zero-order chi connectivity index (χ0) is 12.8. The first-order valence-corrected chi connectivity index (χ1v) is 7.10. The number of hydrogen-bond donors (Lipinski definition) is 1. The molecule has 1 saturated carbocycles. The Kier molecular flexibility index (Phi) is 3.03. The predicted octanol–water partition coefficient (Wildman–Crippen LogP) is 4.10. The third kappa shape index (κ3) is 2.24. The molecular formula is C15H19ClO2. The number of fused-ring (bicyclic) bond motifs is 1. The molecule has 0 spiro atoms. The van der Waals surface area contributed by atoms with E-state index in [-0.39, 0.29) is 5.60 Å². The summed E-state index contributed by atoms with van der Waals surface area (Å²) in [6, 6.07) is 5.51. The maximum Gasteiger partial charge on any atom is 0.126 e. The van der Waals surface area contributed by atoms with Crippen molar-refractivity contribution in [2.24, 2.45) is 5.92 Å². The minimum absolute atomic E-state index is 0.231. The molecule has 1 aromatic carbocycles. The van der Waals surface area contributed by atoms with E-state index in [1.807, 2.05) is 18.2 Å². The van der Waals surface area contributed by atoms with E-state index < -0.39 is 6.10 Å². The summed E-state index contributed by atoms with van der Waals surface area (Å²) < 4.78 is 6.13. The maximum atomic E-state index is 10.3. The third-order valence-corrected chi connectivity index (χ3v) is 4.49. The Morgan fingerprint density at radius 2 is 2.22 bits per heavy atom. The standard InChI is InChI=1S/C15H19ClO2/c1-15(8-10-3-2-4-10)9-13(17)12-7-11(16)5-6-14(12)18-15/h5-7,10,13,17H,2-4,8-9H2,1H3/t13-,15?/m0/s1. The fourth-order valence-corrected chi connectivity index (χ4v) is 3.31. The SMILES string of the molecule is CC1(CC2CCC2)C[C@H](O)c2cc(Cl)ccc2O1. The lowest BCUT2D eigenvalue weighted by Gasteiger charge is -2.42. The molecule has 2 atom stereocenters. The molecule has 1 aliphatic carbocycles. The lowest BCUT2D eigenvalue weighted by atomic mass is 9.75. The molecule has 0 aromatic heterocycles. The van der Waals surface area contributed by atoms with E-state index in [0.717, 1.165) is 23.7 Å². The normalized spacial score (nSPS) is 31.4. The Morgan fingerprint density at radius 3 is 2.89 bits per heavy atom. The van der Waals surface area contributed by atoms with E-state index in [1.54, 1.807) is 0 Å². The lowest BCUT2D eigenvalue weighted by Crippen LogP contribution is -2.41. The zero-order valence-corrected chi connectivity index (χ0v) is 11.4. The van der Waals surface area contributed by atoms with E-state index in [9.17, 15) is 5.11 Å². The first-order valence-electron chi connectivity index (χ1n) is 6.72. The topological polar surface area (TPSA) is 29.5 Å². The number of benzene rings is 1. The van der Waals surface area contributed by atoms with Gasteiger partial charge in [-0.3, -0.25) is 0 Å². The second-order valence-electron chi connectivity index (χ2n) is 5.96. The van der Waals surface area contributed by atoms with Gasteiger partial charge in [0.25, 0.3) is 0 Å². The molecule has 0 radical (unpaired) electrons. The smallest absolute Gasteiger partial charge is 0.126 e. The number of rotatable bonds is 2. The summed E-state index contributed by atoms with van der Waals surface area (Å²) in [5.41, 5.74) is 0.597. The van der Waals surface area contributed by atoms with Gasteiger partial charge in [-0.2, -0.15) is 0 Å². The Labute approximate surface area is 113 Å². The van der Waals surface area contributed by atoms with E-state index in [2.05, 4.69) is 6.92 Å². The largest absolute Gasteiger partial charge is 0.487 e. The van der Waals surface area contributed by atoms with Crippen LogP contribution in [0.2, 0.25) is 5.02 Å². The first-order chi connectivity index (χ1) is 8.56. The third-order valence-electron chi connectivity index (χ3n) is 4.26. The molecule has 0 amide bonds. The Morgan fingerprint density at radius 1 is 1.44 bits per heavy atom. The molecule has 1 N–H and O–H groups in total. The lowest BCUT2D eigenvalue weighted by molar-refractivity contribution is -0.0247. The molecule has 3 rings (SSSR count). The molecule has 1 unspecified atom stereocenters. The van der Waals surface area contributed by atoms with E-state index >= 15 is 0 Å². The number of halogens is 1. The molecule has 1 fully saturated rings. The van der Waals surface area contributed by atoms with Crippen molar-refractivity contribution in [1.29, 1.82) is 0 Å². The summed E-state index contributed by atoms with van der Waals surface area (Å²) >= 11 is 5.96. The molecule has 0 bridgehead atoms. The molecule has 3 heteroatoms. The second-order valence-corrected chi connectivity index (χ2v) is 6.39. The van der Waals surface area contributed by atoms with Crippen LogP contribution in [-0.4, -0.2) is 10.7 Å². The van der Waals surface area contributed by atoms with Gasteiger partial charge in [0.2, 0.25) is 0 Å². The average Bonchev–Trinajstić information content (AvgIpc) is 2.25. The average molecular weight is 267 g/mol. The Balaban J connectivity index is 1.83. The highest BCUT2D eigenvalue weighted by molar-refractivity contribution is 6.30. The van der Waals surface area contributed by atoms with Gasteiger partial charge in [0, 0.05) is 17.0 Å². The van der Waals surface area contributed by atoms with Crippen LogP contribution in [0.25, 0.3) is 0 Å². The van der Waals surface area contributed by atoms with Gasteiger partial charge >= 0.3 is 0 Å². The van der Waals surface area contributed by atoms with Gasteiger partial charge in [-0.15, -0.1) is 0 Å². The molecule has 1 aromatic rings. The van der Waals surface area contributed by atoms with E-state index in [1.165, 1.54) is 19.3 Å². The van der Waals surface area contributed by atoms with Crippen LogP contribution in [0.1, 0.15) is 50.7 Å². The summed E-state index contributed by atoms with van der Waals surface area (Å²) in [6.45, 7) is 2.12. The highest BCUT2D eigenvalue weighted by Gasteiger charge is 2.39. The molecule has 18 heavy (non-hydrogen) atoms. The van der Waals surface area contributed by atoms with Crippen LogP contribution in [0.4, 0.5) is 0 Å². The van der Waals surface area contributed by atoms with Crippen LogP contribution in [0, 0.1) is 5.92 Å². The minimum Gasteiger partial charge on any atom is -0.487 e. The summed E-state index contributed by atoms with van der Waals surface area (Å²) in [7, 11) is 0. The second kappa shape index (κ2) is 4.43. The summed E-state index contributed by atoms with van der Waals surface area (Å²) in [5, 5.41) is 10.9. The van der Waals surface area contributed by atoms with Crippen LogP contribution in [0.5, 0.6) is 5.75 Å². The van der Waals surface area contributed by atoms with Crippen molar-refractivity contribution in [3.8, 4) is 5.75 Å². The maximum absolute atomic E-state index is 10.3. The Bertz CT molecular complexity index is 456. The van der Waals surface area contributed by atoms with Gasteiger partial charge < -0.3 is 9.84 Å². The van der Waals surface area contributed by atoms with Crippen molar-refractivity contribution in [2.45, 2.75) is 50.7 Å². The summed E-state index contributed by atoms with van der Waals surface area (Å²) in [5.74, 6) is 1.57. The van der Waals surface area contributed by atoms with E-state index in [0.29, 0.717) is 11.4 Å². The fraction of sp³-hybridized carbons (Fsp3) is 0.600. The first kappa shape index (κ1) is 12.3. The molecule has 98 valence electrons. The van der Waals surface area contributed by atoms with Crippen LogP contribution < -0.4 is 4.74 Å². The number of aliphatic hydroxyl groups is 1. The highest BCUT2D eigenvalue weighted by Crippen LogP contribution is 2.45. The molecule has 1 heterocycles. The van der Waals surface area contributed by atoms with Gasteiger partial charge in [-0.25, -0.2) is 0 Å². The molecule has 0 saturated heterocycles. The molecular weight excluding hydrogens is 248 g/mol. The fourth-order valence-electron chi connectivity index (χ4n) is 3.13. The van der Waals surface area contributed by atoms with E-state index in [4.69, 9.17) is 16.3 Å². The van der Waals surface area contributed by atoms with Crippen molar-refractivity contribution < 1.29 is 9.84 Å². The Hall–Kier alpha value is -0.730. The van der Waals surface area contributed by atoms with Crippen LogP contribution in [0.3, 0.4) is 0 Å². The monoisotopic (exact) mass is 266 g/mol. The van der Waals surface area contributed by atoms with Crippen LogP contribution >= 0.6 is 11.6 Å². The zero-order valence-electron chi connectivity index (χ0n) is 10.7. The van der Waals surface area contributed by atoms with Crippen molar-refractivity contribution in [1.82, 2.24) is 0 Å². The van der Waals surface area contributed by atoms with Crippen molar-refractivity contribution in [3.63, 3.8) is 0 Å². The van der Waals surface area contributed by atoms with Gasteiger partial charge in [-0.05, 0) is 37.5 Å². The van der Waals surface area contributed by atoms with Gasteiger partial charge in [0.15, 0.2) is 0 Å². The highest BCUT2D eigenvalue weighted by atomic mass is 35.5. The molecule has 2 aliphatic rings. The van der Waals surface area contributed by atoms with Gasteiger partial charge in [-0.1, -0.05) is 30.9 Å². The number of hydrogen-bond acceptors (Lipinski definition) is 2. The van der Waals surface area contributed by atoms with Gasteiger partial charge in [0.1, 0.15) is 11.4 Å². The quantitative estimate of drug-likeness (QED) is 0.873. The van der Waals surface area contributed by atoms with Crippen molar-refractivity contribution in [3.05, 3.63) is 28.8 Å². The summed E-state index contributed by atoms with van der Waals surface area (Å²) in [6.07, 6.45) is 5.21. The van der Waals surface area contributed by atoms with Gasteiger partial charge in [0.05, 0.1) is 6.10 Å². The predicted molar refractivity (Wildman–Crippen MR) is 72.0 cm³/mol. The molecule has 2 nitrogen and oxygen atoms in total. The van der Waals surface area contributed by atoms with Crippen molar-refractivity contribution in [2.75, 3.05) is 0 Å². The number of ether oxygens (including phenoxy) is 1. The minimum atomic E-state index is -0.461. The number of aliphatic hydroxyl groups excluding tert-OH is 1. The van der Waals surface area contributed by atoms with Crippen LogP contribution in [-0.2, 0) is 0 Å². The van der Waals surface area contributed by atoms with Crippen LogP contribution in [0.15, 0.2) is 18.2 Å². The van der Waals surface area contributed by atoms with Crippen molar-refractivity contribution >= 4 is 11.6 Å². The summed E-state index contributed by atoms with van der Waals surface area (Å²) in [4.78, 5) is 0. The molecule has 1 aliphatic heterocycles.